The summed E-state index contributed by atoms with van der Waals surface area (Å²) in [5, 5.41) is 14.7. The average molecular weight is 251 g/mol. The molecular formula is C13H21N3O2. The number of carbonyl (C=O) groups excluding carboxylic acids is 1. The van der Waals surface area contributed by atoms with E-state index in [2.05, 4.69) is 15.6 Å². The Hall–Kier alpha value is -1.62. The van der Waals surface area contributed by atoms with Crippen LogP contribution < -0.4 is 10.6 Å². The molecule has 1 aromatic rings. The Kier molecular flexibility index (Phi) is 5.58. The molecule has 1 aromatic heterocycles. The van der Waals surface area contributed by atoms with Gasteiger partial charge in [-0.05, 0) is 37.5 Å². The fourth-order valence-corrected chi connectivity index (χ4v) is 1.48. The summed E-state index contributed by atoms with van der Waals surface area (Å²) in [5.74, 6) is 0.0342. The molecular weight excluding hydrogens is 230 g/mol. The van der Waals surface area contributed by atoms with Crippen molar-refractivity contribution < 1.29 is 9.90 Å². The Morgan fingerprint density at radius 1 is 1.28 bits per heavy atom. The van der Waals surface area contributed by atoms with Crippen molar-refractivity contribution >= 4 is 6.03 Å². The maximum atomic E-state index is 11.7. The molecule has 0 aromatic carbocycles. The molecule has 0 aliphatic heterocycles. The van der Waals surface area contributed by atoms with Gasteiger partial charge in [0.1, 0.15) is 0 Å². The summed E-state index contributed by atoms with van der Waals surface area (Å²) >= 11 is 0. The maximum Gasteiger partial charge on any atom is 0.315 e. The van der Waals surface area contributed by atoms with Crippen LogP contribution in [0.1, 0.15) is 32.4 Å². The first-order chi connectivity index (χ1) is 8.54. The zero-order valence-electron chi connectivity index (χ0n) is 11.1. The van der Waals surface area contributed by atoms with Crippen molar-refractivity contribution in [2.45, 2.75) is 32.9 Å². The van der Waals surface area contributed by atoms with Crippen LogP contribution in [-0.2, 0) is 0 Å². The minimum atomic E-state index is -0.230. The fraction of sp³-hybridized carbons (Fsp3) is 0.538. The lowest BCUT2D eigenvalue weighted by molar-refractivity contribution is 0.199. The van der Waals surface area contributed by atoms with E-state index in [4.69, 9.17) is 5.11 Å². The van der Waals surface area contributed by atoms with Crippen LogP contribution in [0.25, 0.3) is 0 Å². The Morgan fingerprint density at radius 2 is 1.89 bits per heavy atom. The molecule has 0 saturated carbocycles. The normalized spacial score (nSPS) is 15.6. The molecule has 5 heteroatoms. The highest BCUT2D eigenvalue weighted by atomic mass is 16.3. The van der Waals surface area contributed by atoms with Gasteiger partial charge in [-0.1, -0.05) is 6.92 Å². The van der Waals surface area contributed by atoms with Crippen LogP contribution >= 0.6 is 0 Å². The number of aliphatic hydroxyl groups excluding tert-OH is 1. The summed E-state index contributed by atoms with van der Waals surface area (Å²) in [6, 6.07) is 3.35. The van der Waals surface area contributed by atoms with Crippen LogP contribution in [0.15, 0.2) is 24.5 Å². The summed E-state index contributed by atoms with van der Waals surface area (Å²) in [4.78, 5) is 15.7. The van der Waals surface area contributed by atoms with Crippen molar-refractivity contribution in [3.05, 3.63) is 30.1 Å². The van der Waals surface area contributed by atoms with Crippen LogP contribution in [0.4, 0.5) is 4.79 Å². The van der Waals surface area contributed by atoms with E-state index in [0.29, 0.717) is 0 Å². The zero-order chi connectivity index (χ0) is 13.5. The summed E-state index contributed by atoms with van der Waals surface area (Å²) in [5.41, 5.74) is 1.00. The molecule has 2 amide bonds. The summed E-state index contributed by atoms with van der Waals surface area (Å²) in [7, 11) is 0. The number of rotatable bonds is 5. The van der Waals surface area contributed by atoms with Crippen molar-refractivity contribution in [1.29, 1.82) is 0 Å². The lowest BCUT2D eigenvalue weighted by Crippen LogP contribution is -2.44. The van der Waals surface area contributed by atoms with Crippen molar-refractivity contribution in [3.63, 3.8) is 0 Å². The Labute approximate surface area is 108 Å². The standard InChI is InChI=1S/C13H21N3O2/c1-9(8-17)10(2)15-13(18)16-11(3)12-4-6-14-7-5-12/h4-7,9-11,17H,8H2,1-3H3,(H2,15,16,18). The van der Waals surface area contributed by atoms with Crippen LogP contribution in [0.3, 0.4) is 0 Å². The predicted molar refractivity (Wildman–Crippen MR) is 70.0 cm³/mol. The third kappa shape index (κ3) is 4.33. The number of pyridine rings is 1. The van der Waals surface area contributed by atoms with Gasteiger partial charge in [-0.25, -0.2) is 4.79 Å². The molecule has 3 N–H and O–H groups in total. The minimum Gasteiger partial charge on any atom is -0.396 e. The number of amides is 2. The number of aliphatic hydroxyl groups is 1. The van der Waals surface area contributed by atoms with Gasteiger partial charge in [0.15, 0.2) is 0 Å². The molecule has 0 bridgehead atoms. The first kappa shape index (κ1) is 14.4. The molecule has 5 nitrogen and oxygen atoms in total. The van der Waals surface area contributed by atoms with E-state index >= 15 is 0 Å². The van der Waals surface area contributed by atoms with E-state index in [1.165, 1.54) is 0 Å². The highest BCUT2D eigenvalue weighted by Gasteiger charge is 2.15. The quantitative estimate of drug-likeness (QED) is 0.741. The second-order valence-electron chi connectivity index (χ2n) is 4.57. The molecule has 0 spiro atoms. The average Bonchev–Trinajstić information content (AvgIpc) is 2.38. The molecule has 0 aliphatic carbocycles. The van der Waals surface area contributed by atoms with E-state index in [1.807, 2.05) is 32.9 Å². The topological polar surface area (TPSA) is 74.2 Å². The number of aromatic nitrogens is 1. The third-order valence-corrected chi connectivity index (χ3v) is 3.05. The molecule has 1 rings (SSSR count). The molecule has 3 unspecified atom stereocenters. The second-order valence-corrected chi connectivity index (χ2v) is 4.57. The highest BCUT2D eigenvalue weighted by Crippen LogP contribution is 2.10. The predicted octanol–water partition coefficient (Wildman–Crippen LogP) is 1.46. The van der Waals surface area contributed by atoms with Gasteiger partial charge in [-0.15, -0.1) is 0 Å². The molecule has 0 saturated heterocycles. The summed E-state index contributed by atoms with van der Waals surface area (Å²) < 4.78 is 0. The molecule has 0 radical (unpaired) electrons. The highest BCUT2D eigenvalue weighted by molar-refractivity contribution is 5.74. The van der Waals surface area contributed by atoms with Crippen molar-refractivity contribution in [2.75, 3.05) is 6.61 Å². The monoisotopic (exact) mass is 251 g/mol. The molecule has 0 aliphatic rings. The lowest BCUT2D eigenvalue weighted by atomic mass is 10.1. The van der Waals surface area contributed by atoms with Gasteiger partial charge < -0.3 is 15.7 Å². The van der Waals surface area contributed by atoms with Gasteiger partial charge in [-0.2, -0.15) is 0 Å². The van der Waals surface area contributed by atoms with Crippen LogP contribution in [0.5, 0.6) is 0 Å². The van der Waals surface area contributed by atoms with E-state index < -0.39 is 0 Å². The molecule has 0 fully saturated rings. The van der Waals surface area contributed by atoms with E-state index in [0.717, 1.165) is 5.56 Å². The molecule has 100 valence electrons. The number of carbonyl (C=O) groups is 1. The fourth-order valence-electron chi connectivity index (χ4n) is 1.48. The minimum absolute atomic E-state index is 0.0342. The van der Waals surface area contributed by atoms with Gasteiger partial charge in [0.05, 0.1) is 6.04 Å². The first-order valence-electron chi connectivity index (χ1n) is 6.12. The second kappa shape index (κ2) is 6.96. The first-order valence-corrected chi connectivity index (χ1v) is 6.12. The van der Waals surface area contributed by atoms with Gasteiger partial charge in [-0.3, -0.25) is 4.98 Å². The van der Waals surface area contributed by atoms with Crippen molar-refractivity contribution in [2.24, 2.45) is 5.92 Å². The SMILES string of the molecule is CC(NC(=O)NC(C)C(C)CO)c1ccncc1. The Morgan fingerprint density at radius 3 is 2.44 bits per heavy atom. The number of hydrogen-bond acceptors (Lipinski definition) is 3. The summed E-state index contributed by atoms with van der Waals surface area (Å²) in [6.45, 7) is 5.73. The molecule has 1 heterocycles. The Bertz CT molecular complexity index is 370. The Balaban J connectivity index is 2.45. The van der Waals surface area contributed by atoms with Crippen LogP contribution in [-0.4, -0.2) is 28.8 Å². The number of hydrogen-bond donors (Lipinski definition) is 3. The van der Waals surface area contributed by atoms with Gasteiger partial charge >= 0.3 is 6.03 Å². The van der Waals surface area contributed by atoms with Gasteiger partial charge in [0, 0.05) is 25.0 Å². The number of urea groups is 1. The number of nitrogens with one attached hydrogen (secondary N) is 2. The van der Waals surface area contributed by atoms with E-state index in [-0.39, 0.29) is 30.6 Å². The van der Waals surface area contributed by atoms with E-state index in [1.54, 1.807) is 12.4 Å². The molecule has 3 atom stereocenters. The van der Waals surface area contributed by atoms with Gasteiger partial charge in [0.25, 0.3) is 0 Å². The number of nitrogens with zero attached hydrogens (tertiary/aromatic N) is 1. The lowest BCUT2D eigenvalue weighted by Gasteiger charge is -2.21. The smallest absolute Gasteiger partial charge is 0.315 e. The molecule has 18 heavy (non-hydrogen) atoms. The summed E-state index contributed by atoms with van der Waals surface area (Å²) in [6.07, 6.45) is 3.39. The largest absolute Gasteiger partial charge is 0.396 e. The van der Waals surface area contributed by atoms with E-state index in [9.17, 15) is 4.79 Å². The van der Waals surface area contributed by atoms with Crippen LogP contribution in [0.2, 0.25) is 0 Å². The van der Waals surface area contributed by atoms with Crippen molar-refractivity contribution in [3.8, 4) is 0 Å². The van der Waals surface area contributed by atoms with Gasteiger partial charge in [0.2, 0.25) is 0 Å². The third-order valence-electron chi connectivity index (χ3n) is 3.05. The zero-order valence-corrected chi connectivity index (χ0v) is 11.1. The van der Waals surface area contributed by atoms with Crippen molar-refractivity contribution in [1.82, 2.24) is 15.6 Å². The van der Waals surface area contributed by atoms with Crippen LogP contribution in [0, 0.1) is 5.92 Å². The maximum absolute atomic E-state index is 11.7.